The van der Waals surface area contributed by atoms with Gasteiger partial charge in [-0.1, -0.05) is 26.0 Å². The molecule has 2 unspecified atom stereocenters. The monoisotopic (exact) mass is 416 g/mol. The summed E-state index contributed by atoms with van der Waals surface area (Å²) in [7, 11) is 0. The van der Waals surface area contributed by atoms with Crippen LogP contribution in [0.4, 0.5) is 0 Å². The molecule has 3 aliphatic carbocycles. The summed E-state index contributed by atoms with van der Waals surface area (Å²) >= 11 is 0. The molecule has 5 aliphatic rings. The number of allylic oxidation sites excluding steroid dienone is 4. The van der Waals surface area contributed by atoms with Crippen LogP contribution in [0.2, 0.25) is 0 Å². The average Bonchev–Trinajstić information content (AvgIpc) is 3.53. The smallest absolute Gasteiger partial charge is 0.0700 e. The van der Waals surface area contributed by atoms with Gasteiger partial charge in [-0.25, -0.2) is 9.97 Å². The van der Waals surface area contributed by atoms with Gasteiger partial charge in [0, 0.05) is 33.9 Å². The first-order valence-electron chi connectivity index (χ1n) is 11.3. The number of rotatable bonds is 0. The Hall–Kier alpha value is -3.66. The summed E-state index contributed by atoms with van der Waals surface area (Å²) in [5.41, 5.74) is 11.3. The molecule has 0 amide bonds. The van der Waals surface area contributed by atoms with Crippen molar-refractivity contribution in [3.63, 3.8) is 0 Å². The lowest BCUT2D eigenvalue weighted by atomic mass is 9.58. The van der Waals surface area contributed by atoms with E-state index in [-0.39, 0.29) is 5.41 Å². The molecule has 2 aliphatic heterocycles. The molecule has 0 saturated carbocycles. The minimum absolute atomic E-state index is 0.235. The third-order valence-corrected chi connectivity index (χ3v) is 7.23. The van der Waals surface area contributed by atoms with Crippen molar-refractivity contribution < 1.29 is 0 Å². The summed E-state index contributed by atoms with van der Waals surface area (Å²) in [5, 5.41) is 0. The van der Waals surface area contributed by atoms with Gasteiger partial charge in [-0.2, -0.15) is 0 Å². The number of nitrogens with one attached hydrogen (secondary N) is 2. The number of aromatic amines is 2. The zero-order valence-electron chi connectivity index (χ0n) is 18.2. The van der Waals surface area contributed by atoms with Crippen LogP contribution in [0.15, 0.2) is 60.7 Å². The molecule has 0 aromatic carbocycles. The zero-order chi connectivity index (χ0) is 21.4. The van der Waals surface area contributed by atoms with E-state index < -0.39 is 0 Å². The number of H-pyrrole nitrogens is 2. The lowest BCUT2D eigenvalue weighted by Crippen LogP contribution is -2.34. The second-order valence-electron chi connectivity index (χ2n) is 9.98. The van der Waals surface area contributed by atoms with Crippen LogP contribution in [-0.4, -0.2) is 19.9 Å². The maximum atomic E-state index is 5.17. The van der Waals surface area contributed by atoms with Gasteiger partial charge in [-0.3, -0.25) is 0 Å². The second-order valence-corrected chi connectivity index (χ2v) is 9.98. The molecule has 32 heavy (non-hydrogen) atoms. The van der Waals surface area contributed by atoms with Gasteiger partial charge >= 0.3 is 0 Å². The molecule has 0 spiro atoms. The number of hydrogen-bond acceptors (Lipinski definition) is 2. The van der Waals surface area contributed by atoms with Crippen LogP contribution < -0.4 is 0 Å². The SMILES string of the molecule is CC1(C)CC2C=CC1C1=C2c2cc3ccc(cc4ccc(cc5nc(cc1n2)C=C5)[nH]4)[nH]3. The first-order chi connectivity index (χ1) is 15.5. The van der Waals surface area contributed by atoms with Gasteiger partial charge in [0.25, 0.3) is 0 Å². The predicted molar refractivity (Wildman–Crippen MR) is 131 cm³/mol. The Kier molecular flexibility index (Phi) is 3.48. The van der Waals surface area contributed by atoms with Crippen molar-refractivity contribution in [2.75, 3.05) is 0 Å². The molecule has 4 heteroatoms. The number of fused-ring (bicyclic) bond motifs is 9. The number of nitrogens with zero attached hydrogens (tertiary/aromatic N) is 2. The van der Waals surface area contributed by atoms with E-state index in [0.29, 0.717) is 11.8 Å². The third-order valence-electron chi connectivity index (χ3n) is 7.23. The molecule has 156 valence electrons. The largest absolute Gasteiger partial charge is 0.355 e. The molecular formula is C28H24N4. The Balaban J connectivity index is 1.56. The molecule has 10 bridgehead atoms. The summed E-state index contributed by atoms with van der Waals surface area (Å²) in [6.07, 6.45) is 10.1. The highest BCUT2D eigenvalue weighted by Crippen LogP contribution is 2.58. The summed E-state index contributed by atoms with van der Waals surface area (Å²) in [6, 6.07) is 17.0. The molecular weight excluding hydrogens is 392 g/mol. The fraction of sp³-hybridized carbons (Fsp3) is 0.214. The van der Waals surface area contributed by atoms with Gasteiger partial charge in [0.05, 0.1) is 22.8 Å². The molecule has 0 fully saturated rings. The molecule has 5 heterocycles. The van der Waals surface area contributed by atoms with Crippen LogP contribution >= 0.6 is 0 Å². The topological polar surface area (TPSA) is 57.4 Å². The summed E-state index contributed by atoms with van der Waals surface area (Å²) < 4.78 is 0. The van der Waals surface area contributed by atoms with E-state index in [2.05, 4.69) is 96.7 Å². The van der Waals surface area contributed by atoms with E-state index in [9.17, 15) is 0 Å². The minimum atomic E-state index is 0.235. The highest BCUT2D eigenvalue weighted by molar-refractivity contribution is 5.98. The van der Waals surface area contributed by atoms with Crippen molar-refractivity contribution in [1.29, 1.82) is 0 Å². The Bertz CT molecular complexity index is 1540. The van der Waals surface area contributed by atoms with E-state index in [1.54, 1.807) is 0 Å². The second kappa shape index (κ2) is 6.19. The summed E-state index contributed by atoms with van der Waals surface area (Å²) in [6.45, 7) is 4.77. The van der Waals surface area contributed by atoms with Crippen LogP contribution in [0, 0.1) is 17.3 Å². The summed E-state index contributed by atoms with van der Waals surface area (Å²) in [4.78, 5) is 17.0. The van der Waals surface area contributed by atoms with E-state index in [1.807, 2.05) is 0 Å². The van der Waals surface area contributed by atoms with Crippen molar-refractivity contribution >= 4 is 45.4 Å². The molecule has 3 aromatic rings. The van der Waals surface area contributed by atoms with Crippen LogP contribution in [0.3, 0.4) is 0 Å². The predicted octanol–water partition coefficient (Wildman–Crippen LogP) is 6.63. The van der Waals surface area contributed by atoms with Crippen molar-refractivity contribution in [1.82, 2.24) is 19.9 Å². The van der Waals surface area contributed by atoms with Gasteiger partial charge in [0.1, 0.15) is 0 Å². The lowest BCUT2D eigenvalue weighted by Gasteiger charge is -2.45. The van der Waals surface area contributed by atoms with Crippen molar-refractivity contribution in [3.8, 4) is 0 Å². The Morgan fingerprint density at radius 2 is 1.34 bits per heavy atom. The van der Waals surface area contributed by atoms with E-state index in [0.717, 1.165) is 44.8 Å². The van der Waals surface area contributed by atoms with Crippen LogP contribution in [-0.2, 0) is 0 Å². The van der Waals surface area contributed by atoms with Crippen LogP contribution in [0.5, 0.6) is 0 Å². The molecule has 0 radical (unpaired) electrons. The van der Waals surface area contributed by atoms with E-state index in [4.69, 9.17) is 9.97 Å². The molecule has 2 atom stereocenters. The third kappa shape index (κ3) is 2.69. The Labute approximate surface area is 186 Å². The standard InChI is InChI=1S/C28H24N4/c1-28(2)15-16-3-10-23(28)27-25-14-22-9-7-20(31-22)12-18-5-4-17(29-18)11-19-6-8-21(30-19)13-24(32-25)26(16)27/h3-14,16,23,29-30H,15H2,1-2H3. The highest BCUT2D eigenvalue weighted by Gasteiger charge is 2.46. The average molecular weight is 417 g/mol. The van der Waals surface area contributed by atoms with Gasteiger partial charge < -0.3 is 9.97 Å². The molecule has 4 nitrogen and oxygen atoms in total. The highest BCUT2D eigenvalue weighted by atomic mass is 14.8. The first-order valence-corrected chi connectivity index (χ1v) is 11.3. The maximum absolute atomic E-state index is 5.17. The molecule has 8 rings (SSSR count). The zero-order valence-corrected chi connectivity index (χ0v) is 18.2. The lowest BCUT2D eigenvalue weighted by molar-refractivity contribution is 0.244. The normalized spacial score (nSPS) is 22.4. The van der Waals surface area contributed by atoms with Crippen molar-refractivity contribution in [2.24, 2.45) is 17.3 Å². The van der Waals surface area contributed by atoms with Crippen LogP contribution in [0.25, 0.3) is 45.4 Å². The van der Waals surface area contributed by atoms with Gasteiger partial charge in [-0.05, 0) is 83.7 Å². The molecule has 0 saturated heterocycles. The van der Waals surface area contributed by atoms with Gasteiger partial charge in [0.2, 0.25) is 0 Å². The number of hydrogen-bond donors (Lipinski definition) is 2. The fourth-order valence-corrected chi connectivity index (χ4v) is 5.78. The minimum Gasteiger partial charge on any atom is -0.355 e. The van der Waals surface area contributed by atoms with E-state index >= 15 is 0 Å². The van der Waals surface area contributed by atoms with E-state index in [1.165, 1.54) is 17.6 Å². The fourth-order valence-electron chi connectivity index (χ4n) is 5.78. The first kappa shape index (κ1) is 18.0. The Morgan fingerprint density at radius 1 is 0.719 bits per heavy atom. The van der Waals surface area contributed by atoms with Crippen molar-refractivity contribution in [3.05, 3.63) is 83.5 Å². The Morgan fingerprint density at radius 3 is 2.06 bits per heavy atom. The van der Waals surface area contributed by atoms with Crippen LogP contribution in [0.1, 0.15) is 43.0 Å². The van der Waals surface area contributed by atoms with Gasteiger partial charge in [-0.15, -0.1) is 0 Å². The molecule has 3 aromatic heterocycles. The quantitative estimate of drug-likeness (QED) is 0.316. The number of aromatic nitrogens is 4. The van der Waals surface area contributed by atoms with Crippen molar-refractivity contribution in [2.45, 2.75) is 20.3 Å². The van der Waals surface area contributed by atoms with Gasteiger partial charge in [0.15, 0.2) is 0 Å². The summed E-state index contributed by atoms with van der Waals surface area (Å²) in [5.74, 6) is 0.804. The molecule has 2 N–H and O–H groups in total. The maximum Gasteiger partial charge on any atom is 0.0700 e.